The fourth-order valence-corrected chi connectivity index (χ4v) is 4.65. The van der Waals surface area contributed by atoms with Gasteiger partial charge in [-0.3, -0.25) is 0 Å². The molecule has 1 aromatic carbocycles. The molecule has 2 heterocycles. The summed E-state index contributed by atoms with van der Waals surface area (Å²) in [7, 11) is -1.00. The SMILES string of the molecule is CCS(=O)(=O)N1CCCC(Oc2ccccc2N2CCN(C)CC2)C1. The van der Waals surface area contributed by atoms with Crippen molar-refractivity contribution < 1.29 is 13.2 Å². The third kappa shape index (κ3) is 4.46. The summed E-state index contributed by atoms with van der Waals surface area (Å²) >= 11 is 0. The molecule has 2 aliphatic rings. The standard InChI is InChI=1S/C18H29N3O3S/c1-3-25(22,23)21-10-6-7-16(15-21)24-18-9-5-4-8-17(18)20-13-11-19(2)12-14-20/h4-5,8-9,16H,3,6-7,10-15H2,1-2H3. The van der Waals surface area contributed by atoms with E-state index in [9.17, 15) is 8.42 Å². The number of piperidine rings is 1. The molecule has 0 amide bonds. The summed E-state index contributed by atoms with van der Waals surface area (Å²) in [5.41, 5.74) is 1.12. The minimum Gasteiger partial charge on any atom is -0.487 e. The van der Waals surface area contributed by atoms with Gasteiger partial charge in [-0.1, -0.05) is 12.1 Å². The lowest BCUT2D eigenvalue weighted by Gasteiger charge is -2.36. The number of hydrogen-bond donors (Lipinski definition) is 0. The zero-order valence-electron chi connectivity index (χ0n) is 15.2. The third-order valence-electron chi connectivity index (χ3n) is 5.10. The quantitative estimate of drug-likeness (QED) is 0.792. The first-order valence-electron chi connectivity index (χ1n) is 9.16. The maximum Gasteiger partial charge on any atom is 0.213 e. The number of benzene rings is 1. The van der Waals surface area contributed by atoms with Gasteiger partial charge in [-0.05, 0) is 38.9 Å². The highest BCUT2D eigenvalue weighted by atomic mass is 32.2. The van der Waals surface area contributed by atoms with Crippen molar-refractivity contribution >= 4 is 15.7 Å². The zero-order valence-corrected chi connectivity index (χ0v) is 16.0. The molecular weight excluding hydrogens is 338 g/mol. The molecule has 1 atom stereocenters. The molecule has 7 heteroatoms. The Bertz CT molecular complexity index is 672. The molecule has 0 saturated carbocycles. The monoisotopic (exact) mass is 367 g/mol. The molecule has 140 valence electrons. The van der Waals surface area contributed by atoms with Gasteiger partial charge >= 0.3 is 0 Å². The van der Waals surface area contributed by atoms with Gasteiger partial charge in [-0.15, -0.1) is 0 Å². The normalized spacial score (nSPS) is 23.6. The van der Waals surface area contributed by atoms with Gasteiger partial charge in [0.25, 0.3) is 0 Å². The molecule has 1 aromatic rings. The first kappa shape index (κ1) is 18.5. The summed E-state index contributed by atoms with van der Waals surface area (Å²) < 4.78 is 32.2. The summed E-state index contributed by atoms with van der Waals surface area (Å²) in [6.07, 6.45) is 1.66. The van der Waals surface area contributed by atoms with Crippen molar-refractivity contribution in [1.29, 1.82) is 0 Å². The van der Waals surface area contributed by atoms with Crippen LogP contribution in [0.5, 0.6) is 5.75 Å². The predicted molar refractivity (Wildman–Crippen MR) is 101 cm³/mol. The third-order valence-corrected chi connectivity index (χ3v) is 6.95. The lowest BCUT2D eigenvalue weighted by Crippen LogP contribution is -2.46. The van der Waals surface area contributed by atoms with E-state index < -0.39 is 10.0 Å². The molecule has 0 aliphatic carbocycles. The van der Waals surface area contributed by atoms with Crippen LogP contribution >= 0.6 is 0 Å². The highest BCUT2D eigenvalue weighted by molar-refractivity contribution is 7.89. The van der Waals surface area contributed by atoms with Gasteiger partial charge in [0, 0.05) is 32.7 Å². The topological polar surface area (TPSA) is 53.1 Å². The Hall–Kier alpha value is -1.31. The Kier molecular flexibility index (Phi) is 5.86. The second-order valence-electron chi connectivity index (χ2n) is 6.90. The zero-order chi connectivity index (χ0) is 17.9. The van der Waals surface area contributed by atoms with Crippen LogP contribution in [0, 0.1) is 0 Å². The highest BCUT2D eigenvalue weighted by Crippen LogP contribution is 2.31. The van der Waals surface area contributed by atoms with Crippen LogP contribution in [0.1, 0.15) is 19.8 Å². The number of anilines is 1. The molecule has 2 fully saturated rings. The van der Waals surface area contributed by atoms with Crippen LogP contribution < -0.4 is 9.64 Å². The Morgan fingerprint density at radius 1 is 1.12 bits per heavy atom. The van der Waals surface area contributed by atoms with Crippen molar-refractivity contribution in [1.82, 2.24) is 9.21 Å². The Morgan fingerprint density at radius 2 is 1.84 bits per heavy atom. The number of rotatable bonds is 5. The second kappa shape index (κ2) is 7.93. The Labute approximate surface area is 151 Å². The van der Waals surface area contributed by atoms with Crippen LogP contribution in [-0.2, 0) is 10.0 Å². The molecule has 0 N–H and O–H groups in total. The van der Waals surface area contributed by atoms with Gasteiger partial charge in [0.05, 0.1) is 18.0 Å². The largest absolute Gasteiger partial charge is 0.487 e. The van der Waals surface area contributed by atoms with Crippen molar-refractivity contribution in [2.45, 2.75) is 25.9 Å². The van der Waals surface area contributed by atoms with Crippen molar-refractivity contribution in [3.63, 3.8) is 0 Å². The van der Waals surface area contributed by atoms with Crippen molar-refractivity contribution in [2.75, 3.05) is 57.0 Å². The van der Waals surface area contributed by atoms with Gasteiger partial charge < -0.3 is 14.5 Å². The maximum atomic E-state index is 12.2. The van der Waals surface area contributed by atoms with Gasteiger partial charge in [0.1, 0.15) is 11.9 Å². The van der Waals surface area contributed by atoms with E-state index in [-0.39, 0.29) is 11.9 Å². The minimum atomic E-state index is -3.15. The minimum absolute atomic E-state index is 0.0799. The predicted octanol–water partition coefficient (Wildman–Crippen LogP) is 1.63. The van der Waals surface area contributed by atoms with E-state index in [0.29, 0.717) is 13.1 Å². The second-order valence-corrected chi connectivity index (χ2v) is 9.16. The van der Waals surface area contributed by atoms with E-state index in [1.54, 1.807) is 11.2 Å². The number of para-hydroxylation sites is 2. The van der Waals surface area contributed by atoms with Crippen LogP contribution in [0.25, 0.3) is 0 Å². The summed E-state index contributed by atoms with van der Waals surface area (Å²) in [6, 6.07) is 8.12. The number of hydrogen-bond acceptors (Lipinski definition) is 5. The molecule has 25 heavy (non-hydrogen) atoms. The fourth-order valence-electron chi connectivity index (χ4n) is 3.48. The Morgan fingerprint density at radius 3 is 2.56 bits per heavy atom. The summed E-state index contributed by atoms with van der Waals surface area (Å²) in [6.45, 7) is 6.81. The highest BCUT2D eigenvalue weighted by Gasteiger charge is 2.29. The smallest absolute Gasteiger partial charge is 0.213 e. The van der Waals surface area contributed by atoms with Gasteiger partial charge in [0.2, 0.25) is 10.0 Å². The summed E-state index contributed by atoms with van der Waals surface area (Å²) in [4.78, 5) is 4.69. The fraction of sp³-hybridized carbons (Fsp3) is 0.667. The van der Waals surface area contributed by atoms with Gasteiger partial charge in [-0.2, -0.15) is 4.31 Å². The van der Waals surface area contributed by atoms with Crippen LogP contribution in [0.4, 0.5) is 5.69 Å². The molecule has 0 aromatic heterocycles. The van der Waals surface area contributed by atoms with E-state index in [2.05, 4.69) is 22.9 Å². The van der Waals surface area contributed by atoms with E-state index in [1.165, 1.54) is 0 Å². The average Bonchev–Trinajstić information content (AvgIpc) is 2.63. The first-order chi connectivity index (χ1) is 12.0. The summed E-state index contributed by atoms with van der Waals surface area (Å²) in [5, 5.41) is 0. The van der Waals surface area contributed by atoms with E-state index in [4.69, 9.17) is 4.74 Å². The number of piperazine rings is 1. The van der Waals surface area contributed by atoms with E-state index >= 15 is 0 Å². The average molecular weight is 368 g/mol. The van der Waals surface area contributed by atoms with Crippen LogP contribution in [-0.4, -0.2) is 75.8 Å². The van der Waals surface area contributed by atoms with Gasteiger partial charge in [-0.25, -0.2) is 8.42 Å². The van der Waals surface area contributed by atoms with Crippen LogP contribution in [0.2, 0.25) is 0 Å². The summed E-state index contributed by atoms with van der Waals surface area (Å²) in [5.74, 6) is 1.02. The molecule has 2 saturated heterocycles. The number of nitrogens with zero attached hydrogens (tertiary/aromatic N) is 3. The maximum absolute atomic E-state index is 12.2. The molecule has 6 nitrogen and oxygen atoms in total. The Balaban J connectivity index is 1.70. The molecular formula is C18H29N3O3S. The molecule has 3 rings (SSSR count). The van der Waals surface area contributed by atoms with E-state index in [0.717, 1.165) is 50.5 Å². The van der Waals surface area contributed by atoms with Crippen molar-refractivity contribution in [3.05, 3.63) is 24.3 Å². The van der Waals surface area contributed by atoms with Crippen LogP contribution in [0.15, 0.2) is 24.3 Å². The van der Waals surface area contributed by atoms with E-state index in [1.807, 2.05) is 18.2 Å². The number of sulfonamides is 1. The van der Waals surface area contributed by atoms with Crippen molar-refractivity contribution in [2.24, 2.45) is 0 Å². The molecule has 0 spiro atoms. The van der Waals surface area contributed by atoms with Crippen molar-refractivity contribution in [3.8, 4) is 5.75 Å². The molecule has 0 radical (unpaired) electrons. The lowest BCUT2D eigenvalue weighted by molar-refractivity contribution is 0.130. The van der Waals surface area contributed by atoms with Crippen LogP contribution in [0.3, 0.4) is 0 Å². The lowest BCUT2D eigenvalue weighted by atomic mass is 10.1. The number of ether oxygens (including phenoxy) is 1. The molecule has 2 aliphatic heterocycles. The number of likely N-dealkylation sites (N-methyl/N-ethyl adjacent to an activating group) is 1. The van der Waals surface area contributed by atoms with Gasteiger partial charge in [0.15, 0.2) is 0 Å². The molecule has 0 bridgehead atoms. The first-order valence-corrected chi connectivity index (χ1v) is 10.8. The molecule has 1 unspecified atom stereocenters.